The molecule has 246 valence electrons. The number of hydrogen-bond acceptors (Lipinski definition) is 7. The highest BCUT2D eigenvalue weighted by atomic mass is 16.6. The molecular formula is C38H46O8. The third-order valence-corrected chi connectivity index (χ3v) is 10.2. The Balaban J connectivity index is 1.71. The molecule has 0 radical (unpaired) electrons. The fourth-order valence-electron chi connectivity index (χ4n) is 7.80. The number of carbonyl (C=O) groups excluding carboxylic acids is 2. The number of carboxylic acid groups (broad SMARTS) is 1. The number of rotatable bonds is 10. The van der Waals surface area contributed by atoms with Gasteiger partial charge in [-0.25, -0.2) is 4.79 Å². The van der Waals surface area contributed by atoms with Crippen LogP contribution in [0, 0.1) is 11.8 Å². The molecule has 0 aromatic heterocycles. The average Bonchev–Trinajstić information content (AvgIpc) is 3.12. The van der Waals surface area contributed by atoms with Crippen LogP contribution in [0.4, 0.5) is 0 Å². The fourth-order valence-corrected chi connectivity index (χ4v) is 7.80. The van der Waals surface area contributed by atoms with Crippen molar-refractivity contribution in [2.24, 2.45) is 11.8 Å². The van der Waals surface area contributed by atoms with Crippen molar-refractivity contribution in [3.8, 4) is 17.2 Å². The number of carbonyl (C=O) groups is 3. The van der Waals surface area contributed by atoms with Crippen LogP contribution in [0.1, 0.15) is 103 Å². The molecule has 5 aliphatic rings. The van der Waals surface area contributed by atoms with Crippen LogP contribution in [0.3, 0.4) is 0 Å². The van der Waals surface area contributed by atoms with Crippen LogP contribution in [0.25, 0.3) is 0 Å². The van der Waals surface area contributed by atoms with E-state index in [4.69, 9.17) is 9.47 Å². The van der Waals surface area contributed by atoms with E-state index in [0.29, 0.717) is 12.0 Å². The normalized spacial score (nSPS) is 27.4. The summed E-state index contributed by atoms with van der Waals surface area (Å²) in [6, 6.07) is 0. The Morgan fingerprint density at radius 3 is 2.22 bits per heavy atom. The number of phenolic OH excluding ortho intramolecular Hbond substituents is 2. The summed E-state index contributed by atoms with van der Waals surface area (Å²) in [4.78, 5) is 40.6. The molecule has 3 N–H and O–H groups in total. The summed E-state index contributed by atoms with van der Waals surface area (Å²) in [7, 11) is 0. The van der Waals surface area contributed by atoms with E-state index < -0.39 is 40.4 Å². The molecule has 6 rings (SSSR count). The highest BCUT2D eigenvalue weighted by Gasteiger charge is 2.81. The number of benzene rings is 1. The smallest absolute Gasteiger partial charge is 0.330 e. The number of carboxylic acids is 1. The maximum absolute atomic E-state index is 14.7. The van der Waals surface area contributed by atoms with Gasteiger partial charge in [-0.15, -0.1) is 0 Å². The lowest BCUT2D eigenvalue weighted by Gasteiger charge is -2.56. The van der Waals surface area contributed by atoms with Gasteiger partial charge in [0.1, 0.15) is 22.8 Å². The SMILES string of the molecule is CC(C)=CCC/C(C)=C/Cc1c(O)c(CC=C(C)C)c2c(c1O)C(=O)C1=C[C@@H]3CC4C(C)(C)O[C@@](C/C=C(/C)C(=O)O)(C3=O)[C@@]14O2. The van der Waals surface area contributed by atoms with E-state index in [0.717, 1.165) is 24.0 Å². The van der Waals surface area contributed by atoms with Gasteiger partial charge in [0.25, 0.3) is 0 Å². The predicted molar refractivity (Wildman–Crippen MR) is 175 cm³/mol. The van der Waals surface area contributed by atoms with Crippen LogP contribution >= 0.6 is 0 Å². The Morgan fingerprint density at radius 2 is 1.59 bits per heavy atom. The van der Waals surface area contributed by atoms with Crippen LogP contribution in [-0.2, 0) is 27.2 Å². The number of Topliss-reactive ketones (excluding diaryl/α,β-unsaturated/α-hetero) is 2. The van der Waals surface area contributed by atoms with Gasteiger partial charge in [0.2, 0.25) is 0 Å². The van der Waals surface area contributed by atoms with Crippen LogP contribution < -0.4 is 4.74 Å². The quantitative estimate of drug-likeness (QED) is 0.182. The number of aromatic hydroxyl groups is 2. The van der Waals surface area contributed by atoms with E-state index >= 15 is 0 Å². The first-order valence-electron chi connectivity index (χ1n) is 16.1. The molecule has 4 bridgehead atoms. The molecule has 8 heteroatoms. The second-order valence-corrected chi connectivity index (χ2v) is 14.4. The fraction of sp³-hybridized carbons (Fsp3) is 0.500. The van der Waals surface area contributed by atoms with Gasteiger partial charge in [0.05, 0.1) is 5.60 Å². The van der Waals surface area contributed by atoms with Crippen molar-refractivity contribution in [3.63, 3.8) is 0 Å². The highest BCUT2D eigenvalue weighted by Crippen LogP contribution is 2.68. The summed E-state index contributed by atoms with van der Waals surface area (Å²) in [5.74, 6) is -3.33. The highest BCUT2D eigenvalue weighted by molar-refractivity contribution is 6.18. The zero-order valence-corrected chi connectivity index (χ0v) is 28.2. The minimum Gasteiger partial charge on any atom is -0.507 e. The van der Waals surface area contributed by atoms with Gasteiger partial charge < -0.3 is 24.8 Å². The summed E-state index contributed by atoms with van der Waals surface area (Å²) in [6.07, 6.45) is 11.6. The van der Waals surface area contributed by atoms with Crippen LogP contribution in [0.15, 0.2) is 58.2 Å². The van der Waals surface area contributed by atoms with Crippen LogP contribution in [-0.4, -0.2) is 49.7 Å². The van der Waals surface area contributed by atoms with Crippen molar-refractivity contribution in [3.05, 3.63) is 74.9 Å². The van der Waals surface area contributed by atoms with Gasteiger partial charge in [-0.2, -0.15) is 0 Å². The first-order valence-corrected chi connectivity index (χ1v) is 16.1. The summed E-state index contributed by atoms with van der Waals surface area (Å²) >= 11 is 0. The Hall–Kier alpha value is -3.91. The first-order chi connectivity index (χ1) is 21.5. The molecule has 1 unspecified atom stereocenters. The van der Waals surface area contributed by atoms with Gasteiger partial charge in [0, 0.05) is 40.5 Å². The number of ether oxygens (including phenoxy) is 2. The zero-order valence-electron chi connectivity index (χ0n) is 28.2. The van der Waals surface area contributed by atoms with Crippen LogP contribution in [0.5, 0.6) is 17.2 Å². The van der Waals surface area contributed by atoms with E-state index in [1.54, 1.807) is 6.08 Å². The maximum Gasteiger partial charge on any atom is 0.330 e. The first kappa shape index (κ1) is 33.5. The maximum atomic E-state index is 14.7. The van der Waals surface area contributed by atoms with Gasteiger partial charge in [-0.1, -0.05) is 47.1 Å². The third kappa shape index (κ3) is 5.05. The number of aliphatic carboxylic acids is 1. The van der Waals surface area contributed by atoms with Gasteiger partial charge >= 0.3 is 5.97 Å². The van der Waals surface area contributed by atoms with E-state index in [9.17, 15) is 29.7 Å². The Kier molecular flexibility index (Phi) is 8.52. The number of phenols is 2. The molecule has 2 aliphatic heterocycles. The number of allylic oxidation sites excluding steroid dienone is 7. The molecule has 1 saturated heterocycles. The van der Waals surface area contributed by atoms with Crippen molar-refractivity contribution < 1.29 is 39.2 Å². The molecule has 46 heavy (non-hydrogen) atoms. The minimum atomic E-state index is -1.67. The lowest BCUT2D eigenvalue weighted by Crippen LogP contribution is -2.72. The summed E-state index contributed by atoms with van der Waals surface area (Å²) in [5.41, 5.74) is 0.0623. The molecule has 4 atom stereocenters. The second kappa shape index (κ2) is 11.7. The molecule has 3 aliphatic carbocycles. The lowest BCUT2D eigenvalue weighted by molar-refractivity contribution is -0.171. The summed E-state index contributed by atoms with van der Waals surface area (Å²) < 4.78 is 13.6. The molecule has 2 fully saturated rings. The number of hydrogen-bond donors (Lipinski definition) is 3. The van der Waals surface area contributed by atoms with Crippen molar-refractivity contribution in [1.82, 2.24) is 0 Å². The van der Waals surface area contributed by atoms with E-state index in [1.807, 2.05) is 46.8 Å². The van der Waals surface area contributed by atoms with Crippen molar-refractivity contribution >= 4 is 17.5 Å². The van der Waals surface area contributed by atoms with E-state index in [2.05, 4.69) is 19.9 Å². The van der Waals surface area contributed by atoms with Crippen molar-refractivity contribution in [1.29, 1.82) is 0 Å². The molecule has 1 aromatic rings. The summed E-state index contributed by atoms with van der Waals surface area (Å²) in [5, 5.41) is 33.0. The number of ketones is 2. The Morgan fingerprint density at radius 1 is 0.935 bits per heavy atom. The molecule has 1 spiro atoms. The Bertz CT molecular complexity index is 1670. The number of fused-ring (bicyclic) bond motifs is 1. The largest absolute Gasteiger partial charge is 0.507 e. The third-order valence-electron chi connectivity index (χ3n) is 10.2. The molecule has 0 amide bonds. The topological polar surface area (TPSA) is 130 Å². The summed E-state index contributed by atoms with van der Waals surface area (Å²) in [6.45, 7) is 15.2. The molecule has 1 saturated carbocycles. The zero-order chi connectivity index (χ0) is 33.9. The van der Waals surface area contributed by atoms with Crippen molar-refractivity contribution in [2.75, 3.05) is 0 Å². The second-order valence-electron chi connectivity index (χ2n) is 14.4. The van der Waals surface area contributed by atoms with Gasteiger partial charge in [-0.05, 0) is 87.5 Å². The predicted octanol–water partition coefficient (Wildman–Crippen LogP) is 7.27. The van der Waals surface area contributed by atoms with E-state index in [1.165, 1.54) is 18.6 Å². The average molecular weight is 631 g/mol. The van der Waals surface area contributed by atoms with Crippen LogP contribution in [0.2, 0.25) is 0 Å². The molecular weight excluding hydrogens is 584 g/mol. The van der Waals surface area contributed by atoms with Gasteiger partial charge in [0.15, 0.2) is 22.8 Å². The van der Waals surface area contributed by atoms with Gasteiger partial charge in [-0.3, -0.25) is 9.59 Å². The van der Waals surface area contributed by atoms with E-state index in [-0.39, 0.29) is 64.6 Å². The molecule has 8 nitrogen and oxygen atoms in total. The lowest BCUT2D eigenvalue weighted by atomic mass is 9.51. The monoisotopic (exact) mass is 630 g/mol. The standard InChI is InChI=1S/C38H46O8/c1-20(2)10-9-11-22(5)13-15-25-30(39)26(14-12-21(3)4)33-29(31(25)40)32(41)27-18-24-19-28-36(7,8)46-37(34(24)42,38(27,28)45-33)17-16-23(6)35(43)44/h10,12-13,16,18,24,28,39-40H,9,11,14-15,17,19H2,1-8H3,(H,43,44)/b22-13+,23-16-/t24-,28?,37+,38-/m1/s1. The molecule has 1 aromatic carbocycles. The van der Waals surface area contributed by atoms with Crippen molar-refractivity contribution in [2.45, 2.75) is 111 Å². The molecule has 2 heterocycles. The minimum absolute atomic E-state index is 0.0259. The Labute approximate surface area is 271 Å².